The van der Waals surface area contributed by atoms with Crippen molar-refractivity contribution < 1.29 is 24.0 Å². The van der Waals surface area contributed by atoms with E-state index in [0.717, 1.165) is 4.90 Å². The minimum absolute atomic E-state index is 0.101. The summed E-state index contributed by atoms with van der Waals surface area (Å²) in [6, 6.07) is 13.9. The predicted molar refractivity (Wildman–Crippen MR) is 116 cm³/mol. The molecule has 0 aliphatic heterocycles. The summed E-state index contributed by atoms with van der Waals surface area (Å²) in [7, 11) is 4.91. The fourth-order valence-electron chi connectivity index (χ4n) is 2.87. The van der Waals surface area contributed by atoms with Crippen molar-refractivity contribution in [3.63, 3.8) is 0 Å². The lowest BCUT2D eigenvalue weighted by molar-refractivity contribution is -0.881. The third-order valence-corrected chi connectivity index (χ3v) is 4.52. The average molecular weight is 413 g/mol. The second-order valence-electron chi connectivity index (χ2n) is 7.03. The summed E-state index contributed by atoms with van der Waals surface area (Å²) in [6.07, 6.45) is 0. The number of rotatable bonds is 9. The lowest BCUT2D eigenvalue weighted by Crippen LogP contribution is -3.13. The number of anilines is 2. The number of carbonyl (C=O) groups excluding carboxylic acids is 3. The van der Waals surface area contributed by atoms with E-state index in [1.165, 1.54) is 4.90 Å². The zero-order valence-electron chi connectivity index (χ0n) is 17.8. The molecule has 30 heavy (non-hydrogen) atoms. The highest BCUT2D eigenvalue weighted by molar-refractivity contribution is 5.96. The number of methoxy groups -OCH3 is 1. The van der Waals surface area contributed by atoms with Crippen LogP contribution in [0.15, 0.2) is 48.5 Å². The first kappa shape index (κ1) is 22.9. The first-order chi connectivity index (χ1) is 14.3. The van der Waals surface area contributed by atoms with Gasteiger partial charge < -0.3 is 25.2 Å². The van der Waals surface area contributed by atoms with Crippen LogP contribution in [0.4, 0.5) is 11.4 Å². The second kappa shape index (κ2) is 11.0. The van der Waals surface area contributed by atoms with Crippen LogP contribution in [0.25, 0.3) is 0 Å². The van der Waals surface area contributed by atoms with Gasteiger partial charge in [-0.05, 0) is 43.3 Å². The quantitative estimate of drug-likeness (QED) is 0.569. The smallest absolute Gasteiger partial charge is 0.279 e. The molecule has 2 aromatic carbocycles. The molecule has 2 rings (SSSR count). The van der Waals surface area contributed by atoms with Crippen LogP contribution in [0.2, 0.25) is 0 Å². The molecule has 2 aromatic rings. The van der Waals surface area contributed by atoms with E-state index in [9.17, 15) is 14.4 Å². The predicted octanol–water partition coefficient (Wildman–Crippen LogP) is 0.879. The molecule has 0 fully saturated rings. The minimum atomic E-state index is -0.205. The van der Waals surface area contributed by atoms with E-state index in [-0.39, 0.29) is 30.8 Å². The first-order valence-electron chi connectivity index (χ1n) is 9.72. The molecule has 1 unspecified atom stereocenters. The van der Waals surface area contributed by atoms with E-state index in [4.69, 9.17) is 4.74 Å². The van der Waals surface area contributed by atoms with Gasteiger partial charge in [0.2, 0.25) is 0 Å². The van der Waals surface area contributed by atoms with Gasteiger partial charge in [0.15, 0.2) is 13.1 Å². The summed E-state index contributed by atoms with van der Waals surface area (Å²) in [4.78, 5) is 39.0. The van der Waals surface area contributed by atoms with E-state index < -0.39 is 0 Å². The average Bonchev–Trinajstić information content (AvgIpc) is 2.73. The van der Waals surface area contributed by atoms with E-state index >= 15 is 0 Å². The van der Waals surface area contributed by atoms with Gasteiger partial charge in [-0.15, -0.1) is 0 Å². The fourth-order valence-corrected chi connectivity index (χ4v) is 2.87. The SMILES string of the molecule is CC[NH+](CC(=O)Nc1ccc(C(=O)N(C)C)cc1)CC(=O)Nc1ccccc1OC. The van der Waals surface area contributed by atoms with Crippen LogP contribution in [-0.4, -0.2) is 63.5 Å². The summed E-state index contributed by atoms with van der Waals surface area (Å²) in [5, 5.41) is 5.63. The van der Waals surface area contributed by atoms with Gasteiger partial charge in [-0.25, -0.2) is 0 Å². The minimum Gasteiger partial charge on any atom is -0.495 e. The number of likely N-dealkylation sites (N-methyl/N-ethyl adjacent to an activating group) is 1. The van der Waals surface area contributed by atoms with Crippen molar-refractivity contribution in [2.45, 2.75) is 6.92 Å². The Balaban J connectivity index is 1.89. The topological polar surface area (TPSA) is 92.2 Å². The molecule has 160 valence electrons. The summed E-state index contributed by atoms with van der Waals surface area (Å²) in [6.45, 7) is 2.83. The van der Waals surface area contributed by atoms with Gasteiger partial charge in [0, 0.05) is 25.3 Å². The van der Waals surface area contributed by atoms with Crippen LogP contribution < -0.4 is 20.3 Å². The van der Waals surface area contributed by atoms with E-state index in [0.29, 0.717) is 29.2 Å². The molecular weight excluding hydrogens is 384 g/mol. The highest BCUT2D eigenvalue weighted by Crippen LogP contribution is 2.22. The number of nitrogens with one attached hydrogen (secondary N) is 3. The molecule has 0 spiro atoms. The van der Waals surface area contributed by atoms with Crippen molar-refractivity contribution >= 4 is 29.1 Å². The normalized spacial score (nSPS) is 11.3. The van der Waals surface area contributed by atoms with Crippen LogP contribution >= 0.6 is 0 Å². The van der Waals surface area contributed by atoms with Gasteiger partial charge >= 0.3 is 0 Å². The second-order valence-corrected chi connectivity index (χ2v) is 7.03. The number of hydrogen-bond acceptors (Lipinski definition) is 4. The van der Waals surface area contributed by atoms with Gasteiger partial charge in [-0.2, -0.15) is 0 Å². The van der Waals surface area contributed by atoms with Gasteiger partial charge in [-0.1, -0.05) is 12.1 Å². The van der Waals surface area contributed by atoms with Crippen molar-refractivity contribution in [3.8, 4) is 5.75 Å². The van der Waals surface area contributed by atoms with E-state index in [1.807, 2.05) is 19.1 Å². The number of ether oxygens (including phenoxy) is 1. The van der Waals surface area contributed by atoms with Crippen molar-refractivity contribution in [2.24, 2.45) is 0 Å². The van der Waals surface area contributed by atoms with Crippen LogP contribution in [0.1, 0.15) is 17.3 Å². The molecule has 0 bridgehead atoms. The molecule has 0 aliphatic carbocycles. The van der Waals surface area contributed by atoms with Gasteiger partial charge in [-0.3, -0.25) is 14.4 Å². The summed E-state index contributed by atoms with van der Waals surface area (Å²) in [5.74, 6) is 0.0766. The highest BCUT2D eigenvalue weighted by Gasteiger charge is 2.18. The lowest BCUT2D eigenvalue weighted by atomic mass is 10.2. The molecule has 0 radical (unpaired) electrons. The van der Waals surface area contributed by atoms with Crippen LogP contribution in [0.5, 0.6) is 5.75 Å². The molecule has 0 heterocycles. The molecule has 3 N–H and O–H groups in total. The monoisotopic (exact) mass is 413 g/mol. The number of nitrogens with zero attached hydrogens (tertiary/aromatic N) is 1. The summed E-state index contributed by atoms with van der Waals surface area (Å²) >= 11 is 0. The Morgan fingerprint density at radius 1 is 0.933 bits per heavy atom. The van der Waals surface area contributed by atoms with Gasteiger partial charge in [0.05, 0.1) is 19.3 Å². The molecular formula is C22H29N4O4+. The molecule has 0 saturated heterocycles. The van der Waals surface area contributed by atoms with Crippen molar-refractivity contribution in [1.82, 2.24) is 4.90 Å². The highest BCUT2D eigenvalue weighted by atomic mass is 16.5. The number of amides is 3. The Labute approximate surface area is 176 Å². The van der Waals surface area contributed by atoms with E-state index in [1.54, 1.807) is 57.6 Å². The van der Waals surface area contributed by atoms with Gasteiger partial charge in [0.25, 0.3) is 17.7 Å². The Hall–Kier alpha value is -3.39. The molecule has 0 aromatic heterocycles. The molecule has 1 atom stereocenters. The number of quaternary nitrogens is 1. The molecule has 0 saturated carbocycles. The zero-order chi connectivity index (χ0) is 22.1. The maximum absolute atomic E-state index is 12.4. The van der Waals surface area contributed by atoms with Gasteiger partial charge in [0.1, 0.15) is 5.75 Å². The zero-order valence-corrected chi connectivity index (χ0v) is 17.8. The number of para-hydroxylation sites is 2. The Bertz CT molecular complexity index is 881. The number of hydrogen-bond donors (Lipinski definition) is 3. The number of benzene rings is 2. The lowest BCUT2D eigenvalue weighted by Gasteiger charge is -2.17. The van der Waals surface area contributed by atoms with Crippen LogP contribution in [0, 0.1) is 0 Å². The number of carbonyl (C=O) groups is 3. The Morgan fingerprint density at radius 3 is 2.10 bits per heavy atom. The first-order valence-corrected chi connectivity index (χ1v) is 9.72. The van der Waals surface area contributed by atoms with Crippen LogP contribution in [0.3, 0.4) is 0 Å². The maximum atomic E-state index is 12.4. The van der Waals surface area contributed by atoms with Crippen LogP contribution in [-0.2, 0) is 9.59 Å². The molecule has 8 nitrogen and oxygen atoms in total. The largest absolute Gasteiger partial charge is 0.495 e. The van der Waals surface area contributed by atoms with Crippen molar-refractivity contribution in [2.75, 3.05) is 51.5 Å². The Kier molecular flexibility index (Phi) is 8.37. The Morgan fingerprint density at radius 2 is 1.53 bits per heavy atom. The maximum Gasteiger partial charge on any atom is 0.279 e. The summed E-state index contributed by atoms with van der Waals surface area (Å²) in [5.41, 5.74) is 1.74. The standard InChI is InChI=1S/C22H28N4O4/c1-5-26(15-21(28)24-18-8-6-7-9-19(18)30-4)14-20(27)23-17-12-10-16(11-13-17)22(29)25(2)3/h6-13H,5,14-15H2,1-4H3,(H,23,27)(H,24,28)/p+1. The third kappa shape index (κ3) is 6.59. The van der Waals surface area contributed by atoms with E-state index in [2.05, 4.69) is 10.6 Å². The van der Waals surface area contributed by atoms with Crippen molar-refractivity contribution in [3.05, 3.63) is 54.1 Å². The molecule has 3 amide bonds. The third-order valence-electron chi connectivity index (χ3n) is 4.52. The van der Waals surface area contributed by atoms with Crippen molar-refractivity contribution in [1.29, 1.82) is 0 Å². The fraction of sp³-hybridized carbons (Fsp3) is 0.318. The summed E-state index contributed by atoms with van der Waals surface area (Å²) < 4.78 is 5.24. The molecule has 0 aliphatic rings. The molecule has 8 heteroatoms.